The van der Waals surface area contributed by atoms with Gasteiger partial charge < -0.3 is 5.11 Å². The summed E-state index contributed by atoms with van der Waals surface area (Å²) in [7, 11) is 0. The lowest BCUT2D eigenvalue weighted by Crippen LogP contribution is -1.76. The molecule has 0 saturated carbocycles. The summed E-state index contributed by atoms with van der Waals surface area (Å²) in [6.07, 6.45) is 3.82. The van der Waals surface area contributed by atoms with Gasteiger partial charge in [0.05, 0.1) is 5.76 Å². The van der Waals surface area contributed by atoms with E-state index in [0.717, 1.165) is 5.75 Å². The lowest BCUT2D eigenvalue weighted by atomic mass is 10.3. The number of unbranched alkanes of at least 4 members (excludes halogenated alkanes) is 2. The largest absolute Gasteiger partial charge is 0.512 e. The maximum atomic E-state index is 8.75. The van der Waals surface area contributed by atoms with Crippen LogP contribution < -0.4 is 0 Å². The Morgan fingerprint density at radius 1 is 1.50 bits per heavy atom. The van der Waals surface area contributed by atoms with E-state index in [0.29, 0.717) is 5.76 Å². The Morgan fingerprint density at radius 2 is 2.20 bits per heavy atom. The normalized spacial score (nSPS) is 12.0. The minimum atomic E-state index is 0.418. The molecule has 0 aromatic carbocycles. The van der Waals surface area contributed by atoms with Crippen molar-refractivity contribution in [2.75, 3.05) is 5.75 Å². The molecule has 0 aliphatic carbocycles. The van der Waals surface area contributed by atoms with Crippen LogP contribution in [0.25, 0.3) is 0 Å². The van der Waals surface area contributed by atoms with Crippen molar-refractivity contribution in [2.45, 2.75) is 33.1 Å². The zero-order valence-electron chi connectivity index (χ0n) is 6.76. The lowest BCUT2D eigenvalue weighted by molar-refractivity contribution is 0.416. The van der Waals surface area contributed by atoms with Gasteiger partial charge >= 0.3 is 0 Å². The standard InChI is InChI=1S/C8H16OS/c1-3-4-5-6-10-7-8(2)9/h7,9H,3-6H2,1-2H3. The van der Waals surface area contributed by atoms with E-state index in [4.69, 9.17) is 5.11 Å². The van der Waals surface area contributed by atoms with Gasteiger partial charge in [-0.25, -0.2) is 0 Å². The molecule has 0 fully saturated rings. The number of hydrogen-bond donors (Lipinski definition) is 1. The number of hydrogen-bond acceptors (Lipinski definition) is 2. The molecule has 0 spiro atoms. The summed E-state index contributed by atoms with van der Waals surface area (Å²) >= 11 is 1.69. The highest BCUT2D eigenvalue weighted by atomic mass is 32.2. The van der Waals surface area contributed by atoms with Crippen molar-refractivity contribution in [1.82, 2.24) is 0 Å². The van der Waals surface area contributed by atoms with Crippen molar-refractivity contribution >= 4 is 11.8 Å². The van der Waals surface area contributed by atoms with E-state index >= 15 is 0 Å². The number of aliphatic hydroxyl groups excluding tert-OH is 1. The van der Waals surface area contributed by atoms with Crippen LogP contribution in [0.3, 0.4) is 0 Å². The van der Waals surface area contributed by atoms with Crippen molar-refractivity contribution < 1.29 is 5.11 Å². The molecular weight excluding hydrogens is 144 g/mol. The topological polar surface area (TPSA) is 20.2 Å². The third-order valence-corrected chi connectivity index (χ3v) is 2.15. The van der Waals surface area contributed by atoms with Crippen LogP contribution in [0.1, 0.15) is 33.1 Å². The molecule has 0 saturated heterocycles. The number of rotatable bonds is 5. The smallest absolute Gasteiger partial charge is 0.0954 e. The number of aliphatic hydroxyl groups is 1. The van der Waals surface area contributed by atoms with Gasteiger partial charge in [-0.05, 0) is 19.1 Å². The van der Waals surface area contributed by atoms with Gasteiger partial charge in [0.1, 0.15) is 0 Å². The third-order valence-electron chi connectivity index (χ3n) is 1.12. The van der Waals surface area contributed by atoms with Gasteiger partial charge in [-0.2, -0.15) is 0 Å². The predicted octanol–water partition coefficient (Wildman–Crippen LogP) is 3.33. The summed E-state index contributed by atoms with van der Waals surface area (Å²) in [6.45, 7) is 3.89. The minimum absolute atomic E-state index is 0.418. The molecule has 0 unspecified atom stereocenters. The molecule has 1 N–H and O–H groups in total. The van der Waals surface area contributed by atoms with E-state index in [1.54, 1.807) is 24.1 Å². The third kappa shape index (κ3) is 7.89. The van der Waals surface area contributed by atoms with Crippen LogP contribution in [-0.2, 0) is 0 Å². The summed E-state index contributed by atoms with van der Waals surface area (Å²) in [5.74, 6) is 1.55. The Bertz CT molecular complexity index is 95.4. The monoisotopic (exact) mass is 160 g/mol. The average molecular weight is 160 g/mol. The summed E-state index contributed by atoms with van der Waals surface area (Å²) in [5, 5.41) is 10.6. The van der Waals surface area contributed by atoms with Gasteiger partial charge in [-0.15, -0.1) is 11.8 Å². The zero-order chi connectivity index (χ0) is 7.82. The average Bonchev–Trinajstić information content (AvgIpc) is 1.87. The van der Waals surface area contributed by atoms with Crippen molar-refractivity contribution in [3.63, 3.8) is 0 Å². The van der Waals surface area contributed by atoms with Crippen LogP contribution in [0.5, 0.6) is 0 Å². The lowest BCUT2D eigenvalue weighted by Gasteiger charge is -1.94. The molecule has 0 heterocycles. The highest BCUT2D eigenvalue weighted by molar-refractivity contribution is 8.02. The first-order valence-corrected chi connectivity index (χ1v) is 4.79. The predicted molar refractivity (Wildman–Crippen MR) is 48.4 cm³/mol. The van der Waals surface area contributed by atoms with Crippen LogP contribution in [0.4, 0.5) is 0 Å². The van der Waals surface area contributed by atoms with E-state index in [1.807, 2.05) is 0 Å². The zero-order valence-corrected chi connectivity index (χ0v) is 7.58. The maximum Gasteiger partial charge on any atom is 0.0954 e. The second-order valence-electron chi connectivity index (χ2n) is 2.34. The van der Waals surface area contributed by atoms with Crippen molar-refractivity contribution in [1.29, 1.82) is 0 Å². The molecule has 0 bridgehead atoms. The van der Waals surface area contributed by atoms with Crippen molar-refractivity contribution in [2.24, 2.45) is 0 Å². The molecule has 10 heavy (non-hydrogen) atoms. The maximum absolute atomic E-state index is 8.75. The fraction of sp³-hybridized carbons (Fsp3) is 0.750. The summed E-state index contributed by atoms with van der Waals surface area (Å²) < 4.78 is 0. The second-order valence-corrected chi connectivity index (χ2v) is 3.31. The van der Waals surface area contributed by atoms with Crippen LogP contribution in [-0.4, -0.2) is 10.9 Å². The van der Waals surface area contributed by atoms with Gasteiger partial charge in [0, 0.05) is 5.41 Å². The molecule has 0 amide bonds. The van der Waals surface area contributed by atoms with Gasteiger partial charge in [-0.1, -0.05) is 19.8 Å². The highest BCUT2D eigenvalue weighted by Crippen LogP contribution is 2.08. The Balaban J connectivity index is 2.98. The molecule has 0 aromatic rings. The van der Waals surface area contributed by atoms with Crippen LogP contribution >= 0.6 is 11.8 Å². The summed E-state index contributed by atoms with van der Waals surface area (Å²) in [4.78, 5) is 0. The molecule has 60 valence electrons. The van der Waals surface area contributed by atoms with Gasteiger partial charge in [0.2, 0.25) is 0 Å². The van der Waals surface area contributed by atoms with Crippen LogP contribution in [0, 0.1) is 0 Å². The fourth-order valence-corrected chi connectivity index (χ4v) is 1.34. The molecule has 0 rings (SSSR count). The first-order valence-electron chi connectivity index (χ1n) is 3.74. The molecular formula is C8H16OS. The summed E-state index contributed by atoms with van der Waals surface area (Å²) in [6, 6.07) is 0. The van der Waals surface area contributed by atoms with Gasteiger partial charge in [0.25, 0.3) is 0 Å². The minimum Gasteiger partial charge on any atom is -0.512 e. The van der Waals surface area contributed by atoms with E-state index < -0.39 is 0 Å². The Labute approximate surface area is 67.5 Å². The molecule has 2 heteroatoms. The Kier molecular flexibility index (Phi) is 6.93. The fourth-order valence-electron chi connectivity index (χ4n) is 0.615. The molecule has 1 nitrogen and oxygen atoms in total. The van der Waals surface area contributed by atoms with E-state index in [9.17, 15) is 0 Å². The number of thioether (sulfide) groups is 1. The van der Waals surface area contributed by atoms with E-state index in [2.05, 4.69) is 6.92 Å². The molecule has 0 radical (unpaired) electrons. The SMILES string of the molecule is CCCCCSC=C(C)O. The first-order chi connectivity index (χ1) is 4.77. The van der Waals surface area contributed by atoms with Crippen LogP contribution in [0.15, 0.2) is 11.2 Å². The van der Waals surface area contributed by atoms with Crippen molar-refractivity contribution in [3.05, 3.63) is 11.2 Å². The first kappa shape index (κ1) is 9.89. The molecule has 0 aliphatic rings. The van der Waals surface area contributed by atoms with Gasteiger partial charge in [0.15, 0.2) is 0 Å². The Hall–Kier alpha value is -0.110. The molecule has 0 aliphatic heterocycles. The Morgan fingerprint density at radius 3 is 2.70 bits per heavy atom. The van der Waals surface area contributed by atoms with E-state index in [1.165, 1.54) is 19.3 Å². The second kappa shape index (κ2) is 7.00. The highest BCUT2D eigenvalue weighted by Gasteiger charge is 1.85. The quantitative estimate of drug-likeness (QED) is 0.491. The van der Waals surface area contributed by atoms with Crippen molar-refractivity contribution in [3.8, 4) is 0 Å². The van der Waals surface area contributed by atoms with E-state index in [-0.39, 0.29) is 0 Å². The summed E-state index contributed by atoms with van der Waals surface area (Å²) in [5.41, 5.74) is 0. The van der Waals surface area contributed by atoms with Crippen LogP contribution in [0.2, 0.25) is 0 Å². The van der Waals surface area contributed by atoms with Gasteiger partial charge in [-0.3, -0.25) is 0 Å². The molecule has 0 aromatic heterocycles. The number of allylic oxidation sites excluding steroid dienone is 1. The molecule has 0 atom stereocenters.